The van der Waals surface area contributed by atoms with Crippen molar-refractivity contribution in [3.05, 3.63) is 83.6 Å². The van der Waals surface area contributed by atoms with E-state index < -0.39 is 21.8 Å². The van der Waals surface area contributed by atoms with Gasteiger partial charge in [0, 0.05) is 0 Å². The summed E-state index contributed by atoms with van der Waals surface area (Å²) in [6.45, 7) is 1.40. The molecule has 0 amide bonds. The second-order valence-corrected chi connectivity index (χ2v) is 7.72. The molecule has 0 aliphatic carbocycles. The van der Waals surface area contributed by atoms with E-state index in [0.29, 0.717) is 11.3 Å². The van der Waals surface area contributed by atoms with E-state index in [9.17, 15) is 22.7 Å². The average molecular weight is 389 g/mol. The molecule has 1 aromatic heterocycles. The van der Waals surface area contributed by atoms with Crippen molar-refractivity contribution in [3.63, 3.8) is 0 Å². The van der Waals surface area contributed by atoms with Crippen LogP contribution in [-0.2, 0) is 16.6 Å². The Morgan fingerprint density at radius 3 is 2.56 bits per heavy atom. The number of aryl methyl sites for hydroxylation is 1. The Labute approximate surface area is 155 Å². The second-order valence-electron chi connectivity index (χ2n) is 5.85. The molecule has 0 saturated carbocycles. The van der Waals surface area contributed by atoms with Crippen LogP contribution < -0.4 is 4.31 Å². The topological polar surface area (TPSA) is 87.8 Å². The van der Waals surface area contributed by atoms with Crippen LogP contribution in [0.15, 0.2) is 70.2 Å². The molecule has 8 heteroatoms. The first-order valence-corrected chi connectivity index (χ1v) is 9.37. The van der Waals surface area contributed by atoms with Crippen LogP contribution in [0.2, 0.25) is 0 Å². The van der Waals surface area contributed by atoms with Gasteiger partial charge in [-0.3, -0.25) is 4.31 Å². The van der Waals surface area contributed by atoms with Crippen LogP contribution in [0.3, 0.4) is 0 Å². The minimum absolute atomic E-state index is 0.101. The molecule has 2 aromatic carbocycles. The molecule has 6 nitrogen and oxygen atoms in total. The minimum Gasteiger partial charge on any atom is -0.478 e. The molecule has 0 atom stereocenters. The minimum atomic E-state index is -4.18. The molecule has 0 aliphatic heterocycles. The van der Waals surface area contributed by atoms with Crippen LogP contribution >= 0.6 is 0 Å². The molecule has 0 bridgehead atoms. The summed E-state index contributed by atoms with van der Waals surface area (Å²) in [5.74, 6) is -1.47. The Morgan fingerprint density at radius 2 is 1.93 bits per heavy atom. The standard InChI is InChI=1S/C19H16FNO5S/c1-13-7-8-17(11-18(13)19(22)23)27(24,25)21(12-16-6-3-9-26-16)15-5-2-4-14(20)10-15/h2-11H,12H2,1H3,(H,22,23). The highest BCUT2D eigenvalue weighted by molar-refractivity contribution is 7.92. The fourth-order valence-corrected chi connectivity index (χ4v) is 4.06. The van der Waals surface area contributed by atoms with Crippen molar-refractivity contribution in [1.82, 2.24) is 0 Å². The SMILES string of the molecule is Cc1ccc(S(=O)(=O)N(Cc2ccco2)c2cccc(F)c2)cc1C(=O)O. The van der Waals surface area contributed by atoms with Crippen molar-refractivity contribution in [3.8, 4) is 0 Å². The van der Waals surface area contributed by atoms with Gasteiger partial charge >= 0.3 is 5.97 Å². The predicted molar refractivity (Wildman–Crippen MR) is 96.6 cm³/mol. The summed E-state index contributed by atoms with van der Waals surface area (Å²) in [5.41, 5.74) is 0.418. The Kier molecular flexibility index (Phi) is 5.00. The average Bonchev–Trinajstić information content (AvgIpc) is 3.12. The largest absolute Gasteiger partial charge is 0.478 e. The van der Waals surface area contributed by atoms with E-state index in [-0.39, 0.29) is 22.7 Å². The number of carboxylic acid groups (broad SMARTS) is 1. The molecule has 0 spiro atoms. The Bertz CT molecular complexity index is 1080. The molecular formula is C19H16FNO5S. The van der Waals surface area contributed by atoms with Crippen molar-refractivity contribution >= 4 is 21.7 Å². The maximum absolute atomic E-state index is 13.7. The highest BCUT2D eigenvalue weighted by Gasteiger charge is 2.27. The Balaban J connectivity index is 2.13. The molecule has 0 fully saturated rings. The summed E-state index contributed by atoms with van der Waals surface area (Å²) in [7, 11) is -4.18. The van der Waals surface area contributed by atoms with E-state index in [4.69, 9.17) is 4.42 Å². The number of furan rings is 1. The van der Waals surface area contributed by atoms with E-state index in [1.54, 1.807) is 19.1 Å². The summed E-state index contributed by atoms with van der Waals surface area (Å²) >= 11 is 0. The number of nitrogens with zero attached hydrogens (tertiary/aromatic N) is 1. The lowest BCUT2D eigenvalue weighted by molar-refractivity contribution is 0.0696. The first kappa shape index (κ1) is 18.7. The number of hydrogen-bond acceptors (Lipinski definition) is 4. The predicted octanol–water partition coefficient (Wildman–Crippen LogP) is 3.82. The fourth-order valence-electron chi connectivity index (χ4n) is 2.61. The third kappa shape index (κ3) is 3.85. The van der Waals surface area contributed by atoms with E-state index in [2.05, 4.69) is 0 Å². The van der Waals surface area contributed by atoms with Crippen LogP contribution in [0.1, 0.15) is 21.7 Å². The fraction of sp³-hybridized carbons (Fsp3) is 0.105. The number of rotatable bonds is 6. The second kappa shape index (κ2) is 7.24. The van der Waals surface area contributed by atoms with Crippen molar-refractivity contribution < 1.29 is 27.1 Å². The van der Waals surface area contributed by atoms with Crippen molar-refractivity contribution in [2.75, 3.05) is 4.31 Å². The monoisotopic (exact) mass is 389 g/mol. The summed E-state index contributed by atoms with van der Waals surface area (Å²) < 4.78 is 46.4. The number of carbonyl (C=O) groups is 1. The Morgan fingerprint density at radius 1 is 1.15 bits per heavy atom. The first-order valence-electron chi connectivity index (χ1n) is 7.93. The molecule has 0 radical (unpaired) electrons. The van der Waals surface area contributed by atoms with E-state index >= 15 is 0 Å². The number of aromatic carboxylic acids is 1. The zero-order valence-electron chi connectivity index (χ0n) is 14.3. The van der Waals surface area contributed by atoms with Crippen molar-refractivity contribution in [2.24, 2.45) is 0 Å². The number of carboxylic acids is 1. The van der Waals surface area contributed by atoms with Gasteiger partial charge in [-0.1, -0.05) is 12.1 Å². The number of halogens is 1. The third-order valence-electron chi connectivity index (χ3n) is 4.00. The quantitative estimate of drug-likeness (QED) is 0.692. The molecule has 3 aromatic rings. The maximum Gasteiger partial charge on any atom is 0.335 e. The summed E-state index contributed by atoms with van der Waals surface area (Å²) in [4.78, 5) is 11.2. The number of benzene rings is 2. The van der Waals surface area contributed by atoms with Gasteiger partial charge in [0.15, 0.2) is 0 Å². The molecule has 0 aliphatic rings. The number of hydrogen-bond donors (Lipinski definition) is 1. The van der Waals surface area contributed by atoms with E-state index in [1.807, 2.05) is 0 Å². The first-order chi connectivity index (χ1) is 12.8. The van der Waals surface area contributed by atoms with Gasteiger partial charge in [0.1, 0.15) is 11.6 Å². The van der Waals surface area contributed by atoms with E-state index in [1.165, 1.54) is 36.6 Å². The zero-order chi connectivity index (χ0) is 19.6. The molecule has 0 saturated heterocycles. The number of sulfonamides is 1. The van der Waals surface area contributed by atoms with Crippen LogP contribution in [0.4, 0.5) is 10.1 Å². The molecule has 1 heterocycles. The van der Waals surface area contributed by atoms with Crippen LogP contribution in [0, 0.1) is 12.7 Å². The van der Waals surface area contributed by atoms with Crippen molar-refractivity contribution in [1.29, 1.82) is 0 Å². The van der Waals surface area contributed by atoms with Gasteiger partial charge < -0.3 is 9.52 Å². The van der Waals surface area contributed by atoms with Crippen LogP contribution in [0.5, 0.6) is 0 Å². The van der Waals surface area contributed by atoms with E-state index in [0.717, 1.165) is 16.4 Å². The molecule has 1 N–H and O–H groups in total. The van der Waals surface area contributed by atoms with Gasteiger partial charge in [0.2, 0.25) is 0 Å². The highest BCUT2D eigenvalue weighted by atomic mass is 32.2. The molecule has 140 valence electrons. The third-order valence-corrected chi connectivity index (χ3v) is 5.77. The Hall–Kier alpha value is -3.13. The van der Waals surface area contributed by atoms with Crippen LogP contribution in [-0.4, -0.2) is 19.5 Å². The van der Waals surface area contributed by atoms with Gasteiger partial charge in [0.25, 0.3) is 10.0 Å². The molecule has 27 heavy (non-hydrogen) atoms. The van der Waals surface area contributed by atoms with Crippen molar-refractivity contribution in [2.45, 2.75) is 18.4 Å². The summed E-state index contributed by atoms with van der Waals surface area (Å²) in [6.07, 6.45) is 1.40. The maximum atomic E-state index is 13.7. The lowest BCUT2D eigenvalue weighted by Crippen LogP contribution is -2.30. The molecular weight excluding hydrogens is 373 g/mol. The van der Waals surface area contributed by atoms with Crippen LogP contribution in [0.25, 0.3) is 0 Å². The van der Waals surface area contributed by atoms with Gasteiger partial charge in [-0.2, -0.15) is 0 Å². The van der Waals surface area contributed by atoms with Gasteiger partial charge in [-0.25, -0.2) is 17.6 Å². The lowest BCUT2D eigenvalue weighted by Gasteiger charge is -2.24. The zero-order valence-corrected chi connectivity index (χ0v) is 15.1. The molecule has 3 rings (SSSR count). The smallest absolute Gasteiger partial charge is 0.335 e. The number of anilines is 1. The normalized spacial score (nSPS) is 11.3. The van der Waals surface area contributed by atoms with Gasteiger partial charge in [-0.05, 0) is 55.0 Å². The van der Waals surface area contributed by atoms with Gasteiger partial charge in [-0.15, -0.1) is 0 Å². The lowest BCUT2D eigenvalue weighted by atomic mass is 10.1. The summed E-state index contributed by atoms with van der Waals surface area (Å²) in [6, 6.07) is 12.2. The summed E-state index contributed by atoms with van der Waals surface area (Å²) in [5, 5.41) is 9.28. The highest BCUT2D eigenvalue weighted by Crippen LogP contribution is 2.28. The van der Waals surface area contributed by atoms with Gasteiger partial charge in [0.05, 0.1) is 29.0 Å². The molecule has 0 unspecified atom stereocenters.